The zero-order chi connectivity index (χ0) is 10.4. The van der Waals surface area contributed by atoms with Crippen molar-refractivity contribution < 1.29 is 14.3 Å². The lowest BCUT2D eigenvalue weighted by molar-refractivity contribution is -0.170. The van der Waals surface area contributed by atoms with Gasteiger partial charge in [0.2, 0.25) is 6.29 Å². The van der Waals surface area contributed by atoms with Gasteiger partial charge in [-0.3, -0.25) is 4.79 Å². The van der Waals surface area contributed by atoms with Crippen LogP contribution in [0.5, 0.6) is 0 Å². The number of rotatable bonds is 4. The molecule has 0 saturated carbocycles. The van der Waals surface area contributed by atoms with Gasteiger partial charge in [-0.2, -0.15) is 0 Å². The Balaban J connectivity index is 2.53. The average molecular weight is 194 g/mol. The van der Waals surface area contributed by atoms with Gasteiger partial charge in [0.1, 0.15) is 0 Å². The minimum Gasteiger partial charge on any atom is -0.436 e. The van der Waals surface area contributed by atoms with Crippen molar-refractivity contribution in [2.75, 3.05) is 7.11 Å². The van der Waals surface area contributed by atoms with E-state index in [0.29, 0.717) is 6.42 Å². The topological polar surface area (TPSA) is 35.5 Å². The maximum Gasteiger partial charge on any atom is 0.304 e. The Labute approximate surface area is 83.6 Å². The van der Waals surface area contributed by atoms with E-state index in [2.05, 4.69) is 0 Å². The Kier molecular flexibility index (Phi) is 4.13. The van der Waals surface area contributed by atoms with Crippen molar-refractivity contribution in [1.82, 2.24) is 0 Å². The van der Waals surface area contributed by atoms with E-state index in [1.54, 1.807) is 0 Å². The highest BCUT2D eigenvalue weighted by atomic mass is 16.7. The number of hydrogen-bond donors (Lipinski definition) is 0. The number of methoxy groups -OCH3 is 1. The molecule has 0 aliphatic carbocycles. The van der Waals surface area contributed by atoms with Crippen LogP contribution in [0.25, 0.3) is 0 Å². The van der Waals surface area contributed by atoms with Gasteiger partial charge in [-0.1, -0.05) is 30.3 Å². The van der Waals surface area contributed by atoms with Crippen LogP contribution in [0.1, 0.15) is 12.5 Å². The molecule has 0 aromatic heterocycles. The molecular formula is C11H14O3. The number of ether oxygens (including phenoxy) is 2. The first kappa shape index (κ1) is 10.7. The Morgan fingerprint density at radius 1 is 1.36 bits per heavy atom. The van der Waals surface area contributed by atoms with Gasteiger partial charge in [0.05, 0.1) is 0 Å². The summed E-state index contributed by atoms with van der Waals surface area (Å²) in [6.07, 6.45) is 0.0894. The van der Waals surface area contributed by atoms with Crippen LogP contribution in [0.2, 0.25) is 0 Å². The first-order valence-corrected chi connectivity index (χ1v) is 4.46. The largest absolute Gasteiger partial charge is 0.436 e. The number of esters is 1. The predicted octanol–water partition coefficient (Wildman–Crippen LogP) is 1.76. The van der Waals surface area contributed by atoms with Gasteiger partial charge < -0.3 is 9.47 Å². The van der Waals surface area contributed by atoms with E-state index in [1.807, 2.05) is 30.3 Å². The second-order valence-corrected chi connectivity index (χ2v) is 2.96. The summed E-state index contributed by atoms with van der Waals surface area (Å²) in [5.74, 6) is -0.326. The average Bonchev–Trinajstić information content (AvgIpc) is 2.17. The van der Waals surface area contributed by atoms with Crippen LogP contribution in [0.15, 0.2) is 30.3 Å². The summed E-state index contributed by atoms with van der Waals surface area (Å²) < 4.78 is 9.96. The highest BCUT2D eigenvalue weighted by molar-refractivity contribution is 5.66. The number of benzene rings is 1. The molecule has 0 bridgehead atoms. The molecule has 1 rings (SSSR count). The van der Waals surface area contributed by atoms with E-state index in [0.717, 1.165) is 5.56 Å². The third-order valence-corrected chi connectivity index (χ3v) is 1.81. The molecule has 14 heavy (non-hydrogen) atoms. The van der Waals surface area contributed by atoms with E-state index < -0.39 is 6.29 Å². The van der Waals surface area contributed by atoms with Gasteiger partial charge in [-0.15, -0.1) is 0 Å². The molecule has 3 heteroatoms. The second kappa shape index (κ2) is 5.40. The van der Waals surface area contributed by atoms with Crippen LogP contribution < -0.4 is 0 Å². The van der Waals surface area contributed by atoms with Crippen molar-refractivity contribution in [3.8, 4) is 0 Å². The Morgan fingerprint density at radius 3 is 2.50 bits per heavy atom. The van der Waals surface area contributed by atoms with Gasteiger partial charge >= 0.3 is 5.97 Å². The highest BCUT2D eigenvalue weighted by Crippen LogP contribution is 2.06. The van der Waals surface area contributed by atoms with E-state index in [9.17, 15) is 4.79 Å². The molecule has 0 spiro atoms. The number of carbonyl (C=O) groups excluding carboxylic acids is 1. The molecule has 1 atom stereocenters. The Bertz CT molecular complexity index is 282. The molecule has 0 fully saturated rings. The smallest absolute Gasteiger partial charge is 0.304 e. The minimum absolute atomic E-state index is 0.326. The van der Waals surface area contributed by atoms with Crippen molar-refractivity contribution in [3.05, 3.63) is 35.9 Å². The zero-order valence-electron chi connectivity index (χ0n) is 8.40. The molecule has 76 valence electrons. The zero-order valence-corrected chi connectivity index (χ0v) is 8.40. The van der Waals surface area contributed by atoms with Gasteiger partial charge in [0.25, 0.3) is 0 Å². The van der Waals surface area contributed by atoms with Gasteiger partial charge in [-0.05, 0) is 5.56 Å². The number of hydrogen-bond acceptors (Lipinski definition) is 3. The van der Waals surface area contributed by atoms with Gasteiger partial charge in [-0.25, -0.2) is 0 Å². The minimum atomic E-state index is -0.491. The van der Waals surface area contributed by atoms with Crippen LogP contribution >= 0.6 is 0 Å². The standard InChI is InChI=1S/C11H14O3/c1-9(12)14-11(13-2)8-10-6-4-3-5-7-10/h3-7,11H,8H2,1-2H3. The molecule has 3 nitrogen and oxygen atoms in total. The maximum absolute atomic E-state index is 10.7. The second-order valence-electron chi connectivity index (χ2n) is 2.96. The molecule has 0 aliphatic rings. The molecule has 0 saturated heterocycles. The van der Waals surface area contributed by atoms with Gasteiger partial charge in [0.15, 0.2) is 0 Å². The van der Waals surface area contributed by atoms with E-state index >= 15 is 0 Å². The lowest BCUT2D eigenvalue weighted by Crippen LogP contribution is -2.20. The SMILES string of the molecule is COC(Cc1ccccc1)OC(C)=O. The fourth-order valence-electron chi connectivity index (χ4n) is 1.16. The fraction of sp³-hybridized carbons (Fsp3) is 0.364. The first-order chi connectivity index (χ1) is 6.72. The van der Waals surface area contributed by atoms with Crippen molar-refractivity contribution in [2.45, 2.75) is 19.6 Å². The molecule has 0 N–H and O–H groups in total. The summed E-state index contributed by atoms with van der Waals surface area (Å²) in [7, 11) is 1.52. The molecular weight excluding hydrogens is 180 g/mol. The first-order valence-electron chi connectivity index (χ1n) is 4.46. The summed E-state index contributed by atoms with van der Waals surface area (Å²) >= 11 is 0. The van der Waals surface area contributed by atoms with E-state index in [-0.39, 0.29) is 5.97 Å². The summed E-state index contributed by atoms with van der Waals surface area (Å²) in [4.78, 5) is 10.7. The predicted molar refractivity (Wildman–Crippen MR) is 52.7 cm³/mol. The lowest BCUT2D eigenvalue weighted by atomic mass is 10.1. The quantitative estimate of drug-likeness (QED) is 0.541. The van der Waals surface area contributed by atoms with E-state index in [4.69, 9.17) is 9.47 Å². The van der Waals surface area contributed by atoms with Gasteiger partial charge in [0, 0.05) is 20.5 Å². The molecule has 0 radical (unpaired) electrons. The van der Waals surface area contributed by atoms with Crippen molar-refractivity contribution in [3.63, 3.8) is 0 Å². The molecule has 0 heterocycles. The maximum atomic E-state index is 10.7. The van der Waals surface area contributed by atoms with Crippen LogP contribution in [-0.4, -0.2) is 19.4 Å². The molecule has 1 aromatic rings. The molecule has 0 amide bonds. The summed E-state index contributed by atoms with van der Waals surface area (Å²) in [6, 6.07) is 9.76. The Morgan fingerprint density at radius 2 is 2.00 bits per heavy atom. The number of carbonyl (C=O) groups is 1. The van der Waals surface area contributed by atoms with Crippen LogP contribution in [0, 0.1) is 0 Å². The highest BCUT2D eigenvalue weighted by Gasteiger charge is 2.10. The van der Waals surface area contributed by atoms with Crippen molar-refractivity contribution in [2.24, 2.45) is 0 Å². The van der Waals surface area contributed by atoms with Crippen LogP contribution in [-0.2, 0) is 20.7 Å². The van der Waals surface area contributed by atoms with Crippen molar-refractivity contribution >= 4 is 5.97 Å². The monoisotopic (exact) mass is 194 g/mol. The normalized spacial score (nSPS) is 12.1. The molecule has 0 aliphatic heterocycles. The van der Waals surface area contributed by atoms with Crippen LogP contribution in [0.4, 0.5) is 0 Å². The third-order valence-electron chi connectivity index (χ3n) is 1.81. The fourth-order valence-corrected chi connectivity index (χ4v) is 1.16. The summed E-state index contributed by atoms with van der Waals surface area (Å²) in [5, 5.41) is 0. The van der Waals surface area contributed by atoms with Crippen LogP contribution in [0.3, 0.4) is 0 Å². The third kappa shape index (κ3) is 3.58. The Hall–Kier alpha value is -1.35. The lowest BCUT2D eigenvalue weighted by Gasteiger charge is -2.14. The summed E-state index contributed by atoms with van der Waals surface area (Å²) in [5.41, 5.74) is 1.08. The summed E-state index contributed by atoms with van der Waals surface area (Å²) in [6.45, 7) is 1.37. The van der Waals surface area contributed by atoms with E-state index in [1.165, 1.54) is 14.0 Å². The molecule has 1 aromatic carbocycles. The van der Waals surface area contributed by atoms with Crippen molar-refractivity contribution in [1.29, 1.82) is 0 Å². The molecule has 1 unspecified atom stereocenters.